The molecule has 0 fully saturated rings. The van der Waals surface area contributed by atoms with Crippen molar-refractivity contribution in [2.24, 2.45) is 5.41 Å². The van der Waals surface area contributed by atoms with Crippen molar-refractivity contribution in [1.82, 2.24) is 0 Å². The predicted molar refractivity (Wildman–Crippen MR) is 69.7 cm³/mol. The first-order chi connectivity index (χ1) is 8.09. The van der Waals surface area contributed by atoms with Gasteiger partial charge < -0.3 is 4.74 Å². The monoisotopic (exact) mass is 232 g/mol. The molecule has 1 rings (SSSR count). The van der Waals surface area contributed by atoms with Crippen LogP contribution in [0.2, 0.25) is 0 Å². The second-order valence-electron chi connectivity index (χ2n) is 4.50. The van der Waals surface area contributed by atoms with Crippen LogP contribution < -0.4 is 0 Å². The Bertz CT molecular complexity index is 370. The topological polar surface area (TPSA) is 26.3 Å². The molecule has 0 spiro atoms. The molecule has 0 heterocycles. The summed E-state index contributed by atoms with van der Waals surface area (Å²) in [6.45, 7) is 8.11. The first-order valence-electron chi connectivity index (χ1n) is 5.93. The van der Waals surface area contributed by atoms with E-state index in [1.807, 2.05) is 38.1 Å². The van der Waals surface area contributed by atoms with Gasteiger partial charge in [-0.1, -0.05) is 43.3 Å². The molecule has 0 amide bonds. The Morgan fingerprint density at radius 1 is 1.41 bits per heavy atom. The van der Waals surface area contributed by atoms with E-state index >= 15 is 0 Å². The summed E-state index contributed by atoms with van der Waals surface area (Å²) in [5.41, 5.74) is 0.965. The highest BCUT2D eigenvalue weighted by Crippen LogP contribution is 2.28. The van der Waals surface area contributed by atoms with Crippen LogP contribution in [0, 0.1) is 5.41 Å². The van der Waals surface area contributed by atoms with Gasteiger partial charge >= 0.3 is 5.97 Å². The van der Waals surface area contributed by atoms with Crippen molar-refractivity contribution in [1.29, 1.82) is 0 Å². The first kappa shape index (κ1) is 13.5. The average Bonchev–Trinajstić information content (AvgIpc) is 2.30. The van der Waals surface area contributed by atoms with E-state index in [0.717, 1.165) is 6.42 Å². The molecule has 0 saturated carbocycles. The van der Waals surface area contributed by atoms with Crippen molar-refractivity contribution < 1.29 is 9.53 Å². The zero-order chi connectivity index (χ0) is 12.7. The number of hydrogen-bond donors (Lipinski definition) is 0. The minimum atomic E-state index is -0.242. The van der Waals surface area contributed by atoms with Gasteiger partial charge in [0, 0.05) is 0 Å². The molecule has 0 aliphatic heterocycles. The van der Waals surface area contributed by atoms with E-state index in [2.05, 4.69) is 18.7 Å². The maximum absolute atomic E-state index is 11.5. The molecule has 1 atom stereocenters. The first-order valence-corrected chi connectivity index (χ1v) is 5.93. The van der Waals surface area contributed by atoms with E-state index in [9.17, 15) is 4.79 Å². The molecule has 0 radical (unpaired) electrons. The van der Waals surface area contributed by atoms with Crippen LogP contribution in [-0.4, -0.2) is 12.6 Å². The minimum Gasteiger partial charge on any atom is -0.466 e. The smallest absolute Gasteiger partial charge is 0.306 e. The summed E-state index contributed by atoms with van der Waals surface area (Å²) in [6.07, 6.45) is 3.02. The lowest BCUT2D eigenvalue weighted by molar-refractivity contribution is -0.145. The molecule has 0 aromatic heterocycles. The van der Waals surface area contributed by atoms with Crippen molar-refractivity contribution in [3.63, 3.8) is 0 Å². The van der Waals surface area contributed by atoms with Gasteiger partial charge in [0.25, 0.3) is 0 Å². The van der Waals surface area contributed by atoms with Crippen molar-refractivity contribution in [3.05, 3.63) is 48.6 Å². The molecule has 1 aromatic rings. The Morgan fingerprint density at radius 2 is 2.06 bits per heavy atom. The Labute approximate surface area is 103 Å². The summed E-state index contributed by atoms with van der Waals surface area (Å²) in [5.74, 6) is -0.161. The van der Waals surface area contributed by atoms with Crippen LogP contribution in [0.25, 0.3) is 0 Å². The van der Waals surface area contributed by atoms with Gasteiger partial charge in [0.2, 0.25) is 0 Å². The Kier molecular flexibility index (Phi) is 4.95. The van der Waals surface area contributed by atoms with Gasteiger partial charge in [0.05, 0.1) is 13.0 Å². The molecule has 1 aromatic carbocycles. The zero-order valence-corrected chi connectivity index (χ0v) is 10.6. The molecule has 0 aliphatic carbocycles. The molecule has 2 nitrogen and oxygen atoms in total. The maximum atomic E-state index is 11.5. The van der Waals surface area contributed by atoms with Crippen LogP contribution in [0.1, 0.15) is 25.8 Å². The number of ether oxygens (including phenoxy) is 1. The molecule has 1 unspecified atom stereocenters. The number of benzene rings is 1. The van der Waals surface area contributed by atoms with Gasteiger partial charge in [0.1, 0.15) is 0 Å². The summed E-state index contributed by atoms with van der Waals surface area (Å²) < 4.78 is 4.99. The molecule has 92 valence electrons. The fourth-order valence-electron chi connectivity index (χ4n) is 1.81. The second kappa shape index (κ2) is 6.24. The Morgan fingerprint density at radius 3 is 2.59 bits per heavy atom. The predicted octanol–water partition coefficient (Wildman–Crippen LogP) is 3.37. The molecule has 2 heteroatoms. The fourth-order valence-corrected chi connectivity index (χ4v) is 1.81. The molecule has 0 aliphatic rings. The summed E-state index contributed by atoms with van der Waals surface area (Å²) >= 11 is 0. The van der Waals surface area contributed by atoms with Crippen LogP contribution in [-0.2, 0) is 16.0 Å². The van der Waals surface area contributed by atoms with Crippen molar-refractivity contribution in [2.45, 2.75) is 26.7 Å². The van der Waals surface area contributed by atoms with E-state index in [-0.39, 0.29) is 11.4 Å². The lowest BCUT2D eigenvalue weighted by Crippen LogP contribution is -2.22. The number of carbonyl (C=O) groups excluding carboxylic acids is 1. The van der Waals surface area contributed by atoms with Gasteiger partial charge in [-0.3, -0.25) is 4.79 Å². The Balaban J connectivity index is 2.69. The molecular weight excluding hydrogens is 212 g/mol. The number of rotatable bonds is 6. The van der Waals surface area contributed by atoms with Crippen molar-refractivity contribution >= 4 is 5.97 Å². The van der Waals surface area contributed by atoms with Gasteiger partial charge in [-0.05, 0) is 24.3 Å². The van der Waals surface area contributed by atoms with Crippen LogP contribution >= 0.6 is 0 Å². The third kappa shape index (κ3) is 4.43. The largest absolute Gasteiger partial charge is 0.466 e. The quantitative estimate of drug-likeness (QED) is 0.555. The average molecular weight is 232 g/mol. The molecular formula is C15H20O2. The van der Waals surface area contributed by atoms with E-state index in [1.54, 1.807) is 0 Å². The minimum absolute atomic E-state index is 0.161. The standard InChI is InChI=1S/C15H20O2/c1-4-15(3,12-14(16)17-5-2)11-13-9-7-6-8-10-13/h4,6-10H,1,5,11-12H2,2-3H3. The molecule has 0 bridgehead atoms. The van der Waals surface area contributed by atoms with E-state index in [4.69, 9.17) is 4.74 Å². The molecule has 17 heavy (non-hydrogen) atoms. The maximum Gasteiger partial charge on any atom is 0.306 e. The summed E-state index contributed by atoms with van der Waals surface area (Å²) in [7, 11) is 0. The third-order valence-corrected chi connectivity index (χ3v) is 2.80. The molecule has 0 saturated heterocycles. The number of carbonyl (C=O) groups is 1. The van der Waals surface area contributed by atoms with Crippen molar-refractivity contribution in [2.75, 3.05) is 6.61 Å². The fraction of sp³-hybridized carbons (Fsp3) is 0.400. The highest BCUT2D eigenvalue weighted by Gasteiger charge is 2.25. The zero-order valence-electron chi connectivity index (χ0n) is 10.6. The van der Waals surface area contributed by atoms with Gasteiger partial charge in [0.15, 0.2) is 0 Å². The van der Waals surface area contributed by atoms with E-state index in [1.165, 1.54) is 5.56 Å². The van der Waals surface area contributed by atoms with Gasteiger partial charge in [-0.15, -0.1) is 6.58 Å². The highest BCUT2D eigenvalue weighted by atomic mass is 16.5. The SMILES string of the molecule is C=CC(C)(CC(=O)OCC)Cc1ccccc1. The van der Waals surface area contributed by atoms with E-state index < -0.39 is 0 Å². The second-order valence-corrected chi connectivity index (χ2v) is 4.50. The van der Waals surface area contributed by atoms with Gasteiger partial charge in [-0.25, -0.2) is 0 Å². The number of allylic oxidation sites excluding steroid dienone is 1. The van der Waals surface area contributed by atoms with E-state index in [0.29, 0.717) is 13.0 Å². The third-order valence-electron chi connectivity index (χ3n) is 2.80. The van der Waals surface area contributed by atoms with Crippen LogP contribution in [0.3, 0.4) is 0 Å². The normalized spacial score (nSPS) is 13.8. The van der Waals surface area contributed by atoms with Gasteiger partial charge in [-0.2, -0.15) is 0 Å². The molecule has 0 N–H and O–H groups in total. The van der Waals surface area contributed by atoms with Crippen LogP contribution in [0.5, 0.6) is 0 Å². The number of hydrogen-bond acceptors (Lipinski definition) is 2. The Hall–Kier alpha value is -1.57. The van der Waals surface area contributed by atoms with Crippen LogP contribution in [0.4, 0.5) is 0 Å². The summed E-state index contributed by atoms with van der Waals surface area (Å²) in [6, 6.07) is 10.1. The lowest BCUT2D eigenvalue weighted by atomic mass is 9.81. The lowest BCUT2D eigenvalue weighted by Gasteiger charge is -2.24. The van der Waals surface area contributed by atoms with Crippen LogP contribution in [0.15, 0.2) is 43.0 Å². The number of esters is 1. The van der Waals surface area contributed by atoms with Crippen molar-refractivity contribution in [3.8, 4) is 0 Å². The summed E-state index contributed by atoms with van der Waals surface area (Å²) in [4.78, 5) is 11.5. The highest BCUT2D eigenvalue weighted by molar-refractivity contribution is 5.70. The summed E-state index contributed by atoms with van der Waals surface area (Å²) in [5, 5.41) is 0.